The van der Waals surface area contributed by atoms with Gasteiger partial charge in [-0.2, -0.15) is 22.3 Å². The smallest absolute Gasteiger partial charge is 0.232 e. The molecule has 712 valence electrons. The highest BCUT2D eigenvalue weighted by Gasteiger charge is 2.55. The summed E-state index contributed by atoms with van der Waals surface area (Å²) < 4.78 is 24.3. The van der Waals surface area contributed by atoms with Crippen LogP contribution in [-0.4, -0.2) is 22.5 Å². The van der Waals surface area contributed by atoms with Crippen LogP contribution in [0.1, 0.15) is 238 Å². The van der Waals surface area contributed by atoms with E-state index >= 15 is 0 Å². The van der Waals surface area contributed by atoms with Crippen molar-refractivity contribution in [2.24, 2.45) is 35.2 Å². The third kappa shape index (κ3) is 14.4. The van der Waals surface area contributed by atoms with Crippen molar-refractivity contribution in [3.05, 3.63) is 370 Å². The zero-order valence-electron chi connectivity index (χ0n) is 83.8. The predicted octanol–water partition coefficient (Wildman–Crippen LogP) is 31.1. The summed E-state index contributed by atoms with van der Waals surface area (Å²) in [5, 5.41) is 12.3. The number of hydrogen-bond donors (Lipinski definition) is 0. The van der Waals surface area contributed by atoms with Gasteiger partial charge in [0.15, 0.2) is 44.8 Å². The number of benzene rings is 13. The average Bonchev–Trinajstić information content (AvgIpc) is 1.55. The van der Waals surface area contributed by atoms with E-state index in [1.165, 1.54) is 228 Å². The lowest BCUT2D eigenvalue weighted by atomic mass is 9.60. The first-order chi connectivity index (χ1) is 63.9. The highest BCUT2D eigenvalue weighted by atomic mass is 15.2. The molecule has 0 radical (unpaired) electrons. The lowest BCUT2D eigenvalue weighted by Crippen LogP contribution is -2.51. The van der Waals surface area contributed by atoms with Gasteiger partial charge in [-0.1, -0.05) is 385 Å². The van der Waals surface area contributed by atoms with E-state index in [9.17, 15) is 0 Å². The van der Waals surface area contributed by atoms with Crippen LogP contribution >= 0.6 is 0 Å². The van der Waals surface area contributed by atoms with Crippen LogP contribution in [0.3, 0.4) is 0 Å². The Morgan fingerprint density at radius 1 is 0.317 bits per heavy atom. The van der Waals surface area contributed by atoms with Gasteiger partial charge in [0.2, 0.25) is 0 Å². The van der Waals surface area contributed by atoms with Gasteiger partial charge in [-0.15, -0.1) is 0 Å². The van der Waals surface area contributed by atoms with E-state index in [0.29, 0.717) is 11.8 Å². The Balaban J connectivity index is 0.000000131. The van der Waals surface area contributed by atoms with Crippen LogP contribution in [0.4, 0.5) is 0 Å². The van der Waals surface area contributed by atoms with Crippen molar-refractivity contribution in [1.82, 2.24) is 22.5 Å². The Kier molecular flexibility index (Phi) is 25.9. The third-order valence-electron chi connectivity index (χ3n) is 33.1. The van der Waals surface area contributed by atoms with Crippen molar-refractivity contribution in [2.75, 3.05) is 0 Å². The second-order valence-corrected chi connectivity index (χ2v) is 42.5. The number of nitrogens with zero attached hydrogens (tertiary/aromatic N) is 10. The van der Waals surface area contributed by atoms with E-state index in [1.54, 1.807) is 0 Å². The molecular formula is C129H151N10+5. The fourth-order valence-electron chi connectivity index (χ4n) is 23.8. The van der Waals surface area contributed by atoms with Crippen LogP contribution in [-0.2, 0) is 67.7 Å². The zero-order chi connectivity index (χ0) is 94.5. The van der Waals surface area contributed by atoms with Crippen LogP contribution in [0.15, 0.2) is 291 Å². The number of hydrogen-bond acceptors (Lipinski definition) is 0. The predicted molar refractivity (Wildman–Crippen MR) is 594 cm³/mol. The Morgan fingerprint density at radius 3 is 1.20 bits per heavy atom. The monoisotopic (exact) mass is 1840 g/mol. The van der Waals surface area contributed by atoms with Gasteiger partial charge < -0.3 is 0 Å². The second kappa shape index (κ2) is 36.0. The number of fused-ring (bicyclic) bond motifs is 11. The van der Waals surface area contributed by atoms with Crippen molar-refractivity contribution in [1.29, 1.82) is 0 Å². The molecule has 0 spiro atoms. The van der Waals surface area contributed by atoms with Crippen molar-refractivity contribution in [3.8, 4) is 45.4 Å². The molecule has 11 heterocycles. The number of aryl methyl sites for hydroxylation is 10. The van der Waals surface area contributed by atoms with E-state index in [4.69, 9.17) is 0 Å². The van der Waals surface area contributed by atoms with Gasteiger partial charge in [0.05, 0.1) is 62.5 Å². The maximum absolute atomic E-state index is 2.59. The van der Waals surface area contributed by atoms with Gasteiger partial charge in [-0.3, -0.25) is 0 Å². The molecule has 0 aliphatic carbocycles. The SMILES string of the molecule is C.C.C.C.C.Cc1cccc2c3cccc4c3[n+]3c(c(C)n(C)c3c12)C(C)(C)C4(C)C.Cc1cccc2c3cccc4c3n3c(c(-c5ccccc5)[n+](C)c3c12)C(C)(C)C4(C)C.Cc1cccc2c3cccc4c3n3c(c[n+](C)c3c12)C(C)(C)C4(C)C.Cc1ccccc1-c1n(-c2c(C(C)C)cccc2C(C)C)c2ccccc2[n+]1C.Cc1ccccc1-c1n(-c2ccccc2)c2ccccc2[n+]1C. The molecule has 3 aliphatic rings. The van der Waals surface area contributed by atoms with E-state index < -0.39 is 0 Å². The summed E-state index contributed by atoms with van der Waals surface area (Å²) in [7, 11) is 11.0. The van der Waals surface area contributed by atoms with Crippen molar-refractivity contribution in [3.63, 3.8) is 0 Å². The summed E-state index contributed by atoms with van der Waals surface area (Å²) in [6.45, 7) is 51.4. The molecule has 0 fully saturated rings. The second-order valence-electron chi connectivity index (χ2n) is 42.5. The molecule has 0 saturated heterocycles. The quantitative estimate of drug-likeness (QED) is 0.113. The van der Waals surface area contributed by atoms with Crippen LogP contribution in [0.5, 0.6) is 0 Å². The minimum absolute atomic E-state index is 0. The molecule has 3 aliphatic heterocycles. The number of rotatable bonds is 7. The Hall–Kier alpha value is -13.6. The molecule has 0 amide bonds. The summed E-state index contributed by atoms with van der Waals surface area (Å²) in [5.41, 5.74) is 40.2. The summed E-state index contributed by atoms with van der Waals surface area (Å²) in [6.07, 6.45) is 2.35. The van der Waals surface area contributed by atoms with Gasteiger partial charge in [0, 0.05) is 105 Å². The fraction of sp³-hybridized carbons (Fsp3) is 0.310. The van der Waals surface area contributed by atoms with Gasteiger partial charge >= 0.3 is 0 Å². The van der Waals surface area contributed by atoms with Gasteiger partial charge in [0.25, 0.3) is 28.6 Å². The van der Waals surface area contributed by atoms with Crippen LogP contribution < -0.4 is 22.7 Å². The van der Waals surface area contributed by atoms with E-state index in [2.05, 4.69) is 524 Å². The maximum Gasteiger partial charge on any atom is 0.295 e. The lowest BCUT2D eigenvalue weighted by molar-refractivity contribution is -0.643. The first-order valence-electron chi connectivity index (χ1n) is 48.4. The Morgan fingerprint density at radius 2 is 0.698 bits per heavy atom. The molecule has 24 rings (SSSR count). The van der Waals surface area contributed by atoms with Gasteiger partial charge in [0.1, 0.15) is 39.8 Å². The topological polar surface area (TPSA) is 43.2 Å². The largest absolute Gasteiger partial charge is 0.295 e. The first kappa shape index (κ1) is 99.9. The summed E-state index contributed by atoms with van der Waals surface area (Å²) >= 11 is 0. The number of pyridine rings is 3. The van der Waals surface area contributed by atoms with Crippen LogP contribution in [0, 0.1) is 41.5 Å². The number of aromatic nitrogens is 10. The van der Waals surface area contributed by atoms with Crippen LogP contribution in [0.25, 0.3) is 149 Å². The van der Waals surface area contributed by atoms with Gasteiger partial charge in [-0.25, -0.2) is 22.8 Å². The number of para-hydroxylation sites is 9. The lowest BCUT2D eigenvalue weighted by Gasteiger charge is -2.43. The van der Waals surface area contributed by atoms with Crippen molar-refractivity contribution < 1.29 is 22.7 Å². The summed E-state index contributed by atoms with van der Waals surface area (Å²) in [5.74, 6) is 3.33. The van der Waals surface area contributed by atoms with Gasteiger partial charge in [-0.05, 0) is 123 Å². The average molecular weight is 1840 g/mol. The highest BCUT2D eigenvalue weighted by molar-refractivity contribution is 6.16. The van der Waals surface area contributed by atoms with E-state index in [-0.39, 0.29) is 69.6 Å². The normalized spacial score (nSPS) is 14.5. The molecule has 0 bridgehead atoms. The van der Waals surface area contributed by atoms with E-state index in [1.807, 2.05) is 0 Å². The molecule has 139 heavy (non-hydrogen) atoms. The molecule has 0 N–H and O–H groups in total. The molecule has 0 atom stereocenters. The molecular weight excluding hydrogens is 1690 g/mol. The molecule has 8 aromatic heterocycles. The molecule has 10 heteroatoms. The molecule has 10 nitrogen and oxygen atoms in total. The number of imidazole rings is 5. The Bertz CT molecular complexity index is 8400. The minimum Gasteiger partial charge on any atom is -0.232 e. The Labute approximate surface area is 827 Å². The summed E-state index contributed by atoms with van der Waals surface area (Å²) in [4.78, 5) is 0. The maximum atomic E-state index is 2.59. The minimum atomic E-state index is -0.0556. The first-order valence-corrected chi connectivity index (χ1v) is 48.4. The molecule has 0 unspecified atom stereocenters. The zero-order valence-corrected chi connectivity index (χ0v) is 83.8. The molecule has 13 aromatic carbocycles. The van der Waals surface area contributed by atoms with Crippen molar-refractivity contribution in [2.45, 2.75) is 234 Å². The standard InChI is InChI=1S/C29H29N2.C27H31N2.C24H27N2.C23H25N2.C21H19N2.5CH4/c1-18-12-10-15-20-21-16-11-17-22-25(21)31-26(29(4,5)28(22,2)3)24(19-13-8-7-9-14-19)30(6)27(31)23(18)20;1-18(2)21-14-11-15-22(19(3)4)26(21)29-25-17-10-9-16-24(25)28(6)27(29)23-13-8-7-12-20(23)5;1-14-10-8-11-16-17-12-9-13-18-20(17)26-21(24(5,6)23(18,3)4)15(2)25(7)22(26)19(14)16;1-14-9-7-10-15-16-11-8-12-17-20(16)25-18(23(4,5)22(17,2)3)13-24(6)21(25)19(14)15;1-16-10-6-7-13-18(16)21-22(2)19-14-8-9-15-20(19)23(21)17-11-4-3-5-12-17;;;;;/h7-17H,1-6H3;7-19H,1-6H3;8-13H,1-7H3;7-13H,1-6H3;3-15H,1-2H3;5*1H4/q5*+1;;;;;. The fourth-order valence-corrected chi connectivity index (χ4v) is 23.8. The van der Waals surface area contributed by atoms with E-state index in [0.717, 1.165) is 0 Å². The van der Waals surface area contributed by atoms with Crippen molar-refractivity contribution >= 4 is 104 Å². The highest BCUT2D eigenvalue weighted by Crippen LogP contribution is 2.56. The molecule has 21 aromatic rings. The van der Waals surface area contributed by atoms with Crippen LogP contribution in [0.2, 0.25) is 0 Å². The summed E-state index contributed by atoms with van der Waals surface area (Å²) in [6, 6.07) is 104. The third-order valence-corrected chi connectivity index (χ3v) is 33.1. The molecule has 0 saturated carbocycles.